The number of anilines is 3. The quantitative estimate of drug-likeness (QED) is 0.168. The van der Waals surface area contributed by atoms with Crippen molar-refractivity contribution in [3.05, 3.63) is 199 Å². The van der Waals surface area contributed by atoms with Gasteiger partial charge in [0.25, 0.3) is 0 Å². The summed E-state index contributed by atoms with van der Waals surface area (Å²) in [6.07, 6.45) is 16.5. The molecule has 2 aliphatic carbocycles. The van der Waals surface area contributed by atoms with Crippen molar-refractivity contribution in [1.82, 2.24) is 4.57 Å². The highest BCUT2D eigenvalue weighted by Crippen LogP contribution is 2.38. The fourth-order valence-electron chi connectivity index (χ4n) is 7.51. The minimum absolute atomic E-state index is 0.425. The molecule has 0 amide bonds. The van der Waals surface area contributed by atoms with E-state index >= 15 is 0 Å². The van der Waals surface area contributed by atoms with Crippen LogP contribution in [0.25, 0.3) is 44.9 Å². The molecule has 2 nitrogen and oxygen atoms in total. The van der Waals surface area contributed by atoms with Gasteiger partial charge in [0.15, 0.2) is 0 Å². The van der Waals surface area contributed by atoms with E-state index in [2.05, 4.69) is 192 Å². The second-order valence-corrected chi connectivity index (χ2v) is 13.1. The highest BCUT2D eigenvalue weighted by atomic mass is 15.1. The highest BCUT2D eigenvalue weighted by molar-refractivity contribution is 5.92. The van der Waals surface area contributed by atoms with Crippen LogP contribution in [0.1, 0.15) is 35.6 Å². The third kappa shape index (κ3) is 5.54. The van der Waals surface area contributed by atoms with Crippen LogP contribution in [0.3, 0.4) is 0 Å². The summed E-state index contributed by atoms with van der Waals surface area (Å²) >= 11 is 0. The number of benzene rings is 5. The zero-order valence-electron chi connectivity index (χ0n) is 27.8. The van der Waals surface area contributed by atoms with Crippen molar-refractivity contribution in [2.45, 2.75) is 25.2 Å². The molecule has 1 atom stereocenters. The molecule has 0 saturated heterocycles. The highest BCUT2D eigenvalue weighted by Gasteiger charge is 2.19. The summed E-state index contributed by atoms with van der Waals surface area (Å²) in [6.45, 7) is 0. The van der Waals surface area contributed by atoms with Gasteiger partial charge in [-0.3, -0.25) is 0 Å². The van der Waals surface area contributed by atoms with Crippen LogP contribution < -0.4 is 4.90 Å². The SMILES string of the molecule is c1ccc2c(c#1)c1c(n2-c2ccc(-c3ccc(N(c4ccc(-c5ccccc5)cc4)c4ccc(C5C=CC=CC5)cc4)cc3)cc2)CCC=C1. The molecule has 238 valence electrons. The van der Waals surface area contributed by atoms with Gasteiger partial charge in [-0.15, -0.1) is 0 Å². The molecular formula is C48H36N2. The molecule has 1 aromatic heterocycles. The van der Waals surface area contributed by atoms with Gasteiger partial charge in [0, 0.05) is 39.9 Å². The molecule has 50 heavy (non-hydrogen) atoms. The Morgan fingerprint density at radius 2 is 1.22 bits per heavy atom. The van der Waals surface area contributed by atoms with Gasteiger partial charge in [-0.2, -0.15) is 0 Å². The fourth-order valence-corrected chi connectivity index (χ4v) is 7.51. The van der Waals surface area contributed by atoms with Crippen LogP contribution in [0, 0.1) is 12.1 Å². The Bertz CT molecular complexity index is 2350. The Labute approximate surface area is 294 Å². The van der Waals surface area contributed by atoms with E-state index in [9.17, 15) is 0 Å². The van der Waals surface area contributed by atoms with Crippen LogP contribution >= 0.6 is 0 Å². The largest absolute Gasteiger partial charge is 0.312 e. The van der Waals surface area contributed by atoms with E-state index in [-0.39, 0.29) is 0 Å². The van der Waals surface area contributed by atoms with Crippen molar-refractivity contribution in [1.29, 1.82) is 0 Å². The molecule has 0 aliphatic heterocycles. The first-order chi connectivity index (χ1) is 24.8. The van der Waals surface area contributed by atoms with Crippen LogP contribution in [0.5, 0.6) is 0 Å². The molecule has 1 unspecified atom stereocenters. The zero-order valence-corrected chi connectivity index (χ0v) is 27.8. The minimum Gasteiger partial charge on any atom is -0.312 e. The van der Waals surface area contributed by atoms with Gasteiger partial charge in [-0.05, 0) is 108 Å². The van der Waals surface area contributed by atoms with E-state index in [1.165, 1.54) is 50.3 Å². The van der Waals surface area contributed by atoms with Crippen molar-refractivity contribution in [2.75, 3.05) is 4.90 Å². The zero-order chi connectivity index (χ0) is 33.3. The summed E-state index contributed by atoms with van der Waals surface area (Å²) in [5.74, 6) is 0.425. The van der Waals surface area contributed by atoms with E-state index in [4.69, 9.17) is 0 Å². The summed E-state index contributed by atoms with van der Waals surface area (Å²) in [5, 5.41) is 1.15. The first-order valence-corrected chi connectivity index (χ1v) is 17.5. The van der Waals surface area contributed by atoms with Crippen LogP contribution in [0.15, 0.2) is 170 Å². The maximum atomic E-state index is 3.37. The van der Waals surface area contributed by atoms with Crippen LogP contribution in [0.4, 0.5) is 17.1 Å². The number of nitrogens with zero attached hydrogens (tertiary/aromatic N) is 2. The van der Waals surface area contributed by atoms with E-state index < -0.39 is 0 Å². The standard InChI is InChI=1S/C48H36N2/c1-3-11-35(12-4-1)37-19-27-41(28-20-37)49(42-29-21-38(22-30-42)36-13-5-2-6-14-36)43-31-23-39(24-32-43)40-25-33-44(34-26-40)50-47-17-9-7-15-45(47)46-16-8-10-18-48(46)50/h1-7,10-13,15,18-34,36H,9,14,17H2. The van der Waals surface area contributed by atoms with Crippen molar-refractivity contribution in [2.24, 2.45) is 0 Å². The summed E-state index contributed by atoms with van der Waals surface area (Å²) < 4.78 is 2.40. The van der Waals surface area contributed by atoms with Crippen molar-refractivity contribution >= 4 is 34.0 Å². The first-order valence-electron chi connectivity index (χ1n) is 17.5. The molecule has 0 spiro atoms. The topological polar surface area (TPSA) is 8.17 Å². The lowest BCUT2D eigenvalue weighted by Crippen LogP contribution is -2.10. The summed E-state index contributed by atoms with van der Waals surface area (Å²) in [4.78, 5) is 2.35. The van der Waals surface area contributed by atoms with Crippen molar-refractivity contribution in [3.8, 4) is 27.9 Å². The second-order valence-electron chi connectivity index (χ2n) is 13.1. The average Bonchev–Trinajstić information content (AvgIpc) is 3.54. The van der Waals surface area contributed by atoms with Crippen molar-refractivity contribution in [3.63, 3.8) is 0 Å². The second kappa shape index (κ2) is 13.0. The molecule has 6 aromatic carbocycles. The molecule has 2 heteroatoms. The predicted molar refractivity (Wildman–Crippen MR) is 209 cm³/mol. The maximum absolute atomic E-state index is 3.37. The third-order valence-corrected chi connectivity index (χ3v) is 10.1. The van der Waals surface area contributed by atoms with Gasteiger partial charge in [0.2, 0.25) is 0 Å². The first kappa shape index (κ1) is 29.8. The normalized spacial score (nSPS) is 14.8. The van der Waals surface area contributed by atoms with Gasteiger partial charge in [-0.1, -0.05) is 127 Å². The average molecular weight is 641 g/mol. The van der Waals surface area contributed by atoms with E-state index in [0.29, 0.717) is 5.92 Å². The third-order valence-electron chi connectivity index (χ3n) is 10.1. The molecule has 2 aliphatic rings. The molecule has 0 radical (unpaired) electrons. The van der Waals surface area contributed by atoms with E-state index in [1.807, 2.05) is 6.07 Å². The summed E-state index contributed by atoms with van der Waals surface area (Å²) in [5.41, 5.74) is 14.6. The predicted octanol–water partition coefficient (Wildman–Crippen LogP) is 12.6. The van der Waals surface area contributed by atoms with Gasteiger partial charge in [0.05, 0.1) is 10.9 Å². The molecule has 0 fully saturated rings. The summed E-state index contributed by atoms with van der Waals surface area (Å²) in [6, 6.07) is 57.1. The molecule has 7 aromatic rings. The Kier molecular flexibility index (Phi) is 7.72. The monoisotopic (exact) mass is 640 g/mol. The lowest BCUT2D eigenvalue weighted by Gasteiger charge is -2.26. The molecule has 9 rings (SSSR count). The number of hydrogen-bond donors (Lipinski definition) is 0. The van der Waals surface area contributed by atoms with Gasteiger partial charge in [0.1, 0.15) is 0 Å². The Morgan fingerprint density at radius 3 is 1.86 bits per heavy atom. The van der Waals surface area contributed by atoms with Crippen molar-refractivity contribution < 1.29 is 0 Å². The number of rotatable bonds is 7. The van der Waals surface area contributed by atoms with Crippen LogP contribution in [-0.4, -0.2) is 4.57 Å². The minimum atomic E-state index is 0.425. The molecule has 0 bridgehead atoms. The Balaban J connectivity index is 1.04. The number of hydrogen-bond acceptors (Lipinski definition) is 1. The Hall–Kier alpha value is -6.30. The summed E-state index contributed by atoms with van der Waals surface area (Å²) in [7, 11) is 0. The fraction of sp³-hybridized carbons (Fsp3) is 0.0833. The lowest BCUT2D eigenvalue weighted by atomic mass is 9.92. The number of fused-ring (bicyclic) bond motifs is 3. The molecule has 0 saturated carbocycles. The molecule has 1 heterocycles. The number of aromatic nitrogens is 1. The van der Waals surface area contributed by atoms with Crippen LogP contribution in [0.2, 0.25) is 0 Å². The Morgan fingerprint density at radius 1 is 0.600 bits per heavy atom. The van der Waals surface area contributed by atoms with Crippen LogP contribution in [-0.2, 0) is 6.42 Å². The molecule has 0 N–H and O–H groups in total. The lowest BCUT2D eigenvalue weighted by molar-refractivity contribution is 0.854. The maximum Gasteiger partial charge on any atom is 0.0628 e. The van der Waals surface area contributed by atoms with E-state index in [0.717, 1.165) is 41.7 Å². The van der Waals surface area contributed by atoms with Gasteiger partial charge >= 0.3 is 0 Å². The molecular weight excluding hydrogens is 605 g/mol. The smallest absolute Gasteiger partial charge is 0.0628 e. The van der Waals surface area contributed by atoms with Gasteiger partial charge in [-0.25, -0.2) is 0 Å². The van der Waals surface area contributed by atoms with E-state index in [1.54, 1.807) is 0 Å². The number of allylic oxidation sites excluding steroid dienone is 5. The van der Waals surface area contributed by atoms with Gasteiger partial charge < -0.3 is 9.47 Å².